The van der Waals surface area contributed by atoms with E-state index in [-0.39, 0.29) is 0 Å². The van der Waals surface area contributed by atoms with Gasteiger partial charge in [-0.25, -0.2) is 0 Å². The summed E-state index contributed by atoms with van der Waals surface area (Å²) in [5.41, 5.74) is 4.19. The fourth-order valence-electron chi connectivity index (χ4n) is 2.49. The van der Waals surface area contributed by atoms with Crippen molar-refractivity contribution in [3.05, 3.63) is 33.9 Å². The quantitative estimate of drug-likeness (QED) is 0.892. The first kappa shape index (κ1) is 16.0. The minimum atomic E-state index is 0.357. The largest absolute Gasteiger partial charge is 0.311 e. The summed E-state index contributed by atoms with van der Waals surface area (Å²) in [4.78, 5) is 0. The minimum Gasteiger partial charge on any atom is -0.311 e. The number of aromatic nitrogens is 4. The Labute approximate surface area is 131 Å². The SMILES string of the molecule is Cc1cc(C)n(C[C@@H](C)NCCn2nc(C)c(Cl)c2C)n1. The van der Waals surface area contributed by atoms with Crippen molar-refractivity contribution in [3.8, 4) is 0 Å². The van der Waals surface area contributed by atoms with Gasteiger partial charge in [-0.1, -0.05) is 11.6 Å². The maximum absolute atomic E-state index is 6.15. The van der Waals surface area contributed by atoms with Crippen molar-refractivity contribution in [2.45, 2.75) is 53.8 Å². The van der Waals surface area contributed by atoms with Gasteiger partial charge in [0.05, 0.1) is 35.2 Å². The molecule has 0 bridgehead atoms. The van der Waals surface area contributed by atoms with Gasteiger partial charge in [-0.05, 0) is 40.7 Å². The highest BCUT2D eigenvalue weighted by Crippen LogP contribution is 2.18. The topological polar surface area (TPSA) is 47.7 Å². The zero-order valence-corrected chi connectivity index (χ0v) is 14.2. The van der Waals surface area contributed by atoms with Crippen molar-refractivity contribution in [2.24, 2.45) is 0 Å². The van der Waals surface area contributed by atoms with Crippen LogP contribution >= 0.6 is 11.6 Å². The number of hydrogen-bond acceptors (Lipinski definition) is 3. The predicted octanol–water partition coefficient (Wildman–Crippen LogP) is 2.64. The van der Waals surface area contributed by atoms with Crippen molar-refractivity contribution < 1.29 is 0 Å². The smallest absolute Gasteiger partial charge is 0.0844 e. The van der Waals surface area contributed by atoms with Gasteiger partial charge in [-0.15, -0.1) is 0 Å². The molecule has 0 aromatic carbocycles. The first-order valence-corrected chi connectivity index (χ1v) is 7.70. The third-order valence-electron chi connectivity index (χ3n) is 3.66. The molecule has 5 nitrogen and oxygen atoms in total. The van der Waals surface area contributed by atoms with E-state index in [0.29, 0.717) is 6.04 Å². The molecule has 1 N–H and O–H groups in total. The van der Waals surface area contributed by atoms with Crippen LogP contribution in [0.3, 0.4) is 0 Å². The standard InChI is InChI=1S/C15H24ClN5/c1-10-8-12(3)21(18-10)9-11(2)17-6-7-20-14(5)15(16)13(4)19-20/h8,11,17H,6-7,9H2,1-5H3/t11-/m1/s1. The maximum Gasteiger partial charge on any atom is 0.0844 e. The van der Waals surface area contributed by atoms with Crippen molar-refractivity contribution in [2.75, 3.05) is 6.54 Å². The van der Waals surface area contributed by atoms with Gasteiger partial charge < -0.3 is 5.32 Å². The molecule has 0 saturated heterocycles. The van der Waals surface area contributed by atoms with Gasteiger partial charge in [0.25, 0.3) is 0 Å². The lowest BCUT2D eigenvalue weighted by molar-refractivity contribution is 0.425. The maximum atomic E-state index is 6.15. The summed E-state index contributed by atoms with van der Waals surface area (Å²) in [5, 5.41) is 13.2. The molecule has 21 heavy (non-hydrogen) atoms. The molecule has 6 heteroatoms. The number of nitrogens with zero attached hydrogens (tertiary/aromatic N) is 4. The predicted molar refractivity (Wildman–Crippen MR) is 85.9 cm³/mol. The highest BCUT2D eigenvalue weighted by molar-refractivity contribution is 6.31. The summed E-state index contributed by atoms with van der Waals surface area (Å²) in [5.74, 6) is 0. The monoisotopic (exact) mass is 309 g/mol. The molecule has 2 aromatic heterocycles. The third-order valence-corrected chi connectivity index (χ3v) is 4.21. The van der Waals surface area contributed by atoms with Crippen LogP contribution in [0.4, 0.5) is 0 Å². The highest BCUT2D eigenvalue weighted by atomic mass is 35.5. The first-order chi connectivity index (χ1) is 9.88. The fraction of sp³-hybridized carbons (Fsp3) is 0.600. The third kappa shape index (κ3) is 3.86. The van der Waals surface area contributed by atoms with Crippen molar-refractivity contribution in [1.82, 2.24) is 24.9 Å². The van der Waals surface area contributed by atoms with Crippen LogP contribution < -0.4 is 5.32 Å². The van der Waals surface area contributed by atoms with Crippen molar-refractivity contribution in [1.29, 1.82) is 0 Å². The Kier molecular flexibility index (Phi) is 5.06. The number of hydrogen-bond donors (Lipinski definition) is 1. The lowest BCUT2D eigenvalue weighted by Crippen LogP contribution is -2.33. The van der Waals surface area contributed by atoms with Crippen LogP contribution in [0, 0.1) is 27.7 Å². The molecule has 0 aliphatic rings. The Morgan fingerprint density at radius 3 is 2.43 bits per heavy atom. The van der Waals surface area contributed by atoms with Crippen molar-refractivity contribution in [3.63, 3.8) is 0 Å². The molecule has 0 aliphatic carbocycles. The van der Waals surface area contributed by atoms with Gasteiger partial charge in [-0.2, -0.15) is 10.2 Å². The van der Waals surface area contributed by atoms with E-state index < -0.39 is 0 Å². The number of nitrogens with one attached hydrogen (secondary N) is 1. The van der Waals surface area contributed by atoms with E-state index in [1.165, 1.54) is 5.69 Å². The normalized spacial score (nSPS) is 12.9. The van der Waals surface area contributed by atoms with E-state index in [0.717, 1.165) is 41.7 Å². The van der Waals surface area contributed by atoms with E-state index in [1.807, 2.05) is 30.1 Å². The number of halogens is 1. The Balaban J connectivity index is 1.83. The van der Waals surface area contributed by atoms with E-state index in [4.69, 9.17) is 11.6 Å². The number of aryl methyl sites for hydroxylation is 3. The van der Waals surface area contributed by atoms with Gasteiger partial charge in [-0.3, -0.25) is 9.36 Å². The molecule has 2 aromatic rings. The fourth-order valence-corrected chi connectivity index (χ4v) is 2.63. The summed E-state index contributed by atoms with van der Waals surface area (Å²) in [6, 6.07) is 2.46. The van der Waals surface area contributed by atoms with Crippen LogP contribution in [-0.2, 0) is 13.1 Å². The second-order valence-electron chi connectivity index (χ2n) is 5.67. The molecular weight excluding hydrogens is 286 g/mol. The molecule has 0 spiro atoms. The van der Waals surface area contributed by atoms with E-state index in [1.54, 1.807) is 0 Å². The van der Waals surface area contributed by atoms with Gasteiger partial charge >= 0.3 is 0 Å². The summed E-state index contributed by atoms with van der Waals surface area (Å²) in [7, 11) is 0. The molecule has 2 rings (SSSR count). The molecule has 0 fully saturated rings. The van der Waals surface area contributed by atoms with E-state index in [2.05, 4.69) is 35.4 Å². The summed E-state index contributed by atoms with van der Waals surface area (Å²) < 4.78 is 4.01. The van der Waals surface area contributed by atoms with Crippen LogP contribution in [0.1, 0.15) is 29.7 Å². The Morgan fingerprint density at radius 2 is 1.90 bits per heavy atom. The molecule has 0 amide bonds. The van der Waals surface area contributed by atoms with Gasteiger partial charge in [0.15, 0.2) is 0 Å². The molecule has 0 unspecified atom stereocenters. The summed E-state index contributed by atoms with van der Waals surface area (Å²) in [6.45, 7) is 12.8. The zero-order chi connectivity index (χ0) is 15.6. The Morgan fingerprint density at radius 1 is 1.19 bits per heavy atom. The van der Waals surface area contributed by atoms with Crippen LogP contribution in [0.15, 0.2) is 6.07 Å². The number of rotatable bonds is 6. The van der Waals surface area contributed by atoms with E-state index in [9.17, 15) is 0 Å². The Hall–Kier alpha value is -1.33. The minimum absolute atomic E-state index is 0.357. The molecule has 0 aliphatic heterocycles. The van der Waals surface area contributed by atoms with Gasteiger partial charge in [0.1, 0.15) is 0 Å². The van der Waals surface area contributed by atoms with Gasteiger partial charge in [0.2, 0.25) is 0 Å². The molecule has 0 radical (unpaired) electrons. The second-order valence-corrected chi connectivity index (χ2v) is 6.05. The van der Waals surface area contributed by atoms with Crippen LogP contribution in [0.25, 0.3) is 0 Å². The van der Waals surface area contributed by atoms with Crippen LogP contribution in [0.5, 0.6) is 0 Å². The second kappa shape index (κ2) is 6.62. The molecule has 0 saturated carbocycles. The van der Waals surface area contributed by atoms with E-state index >= 15 is 0 Å². The van der Waals surface area contributed by atoms with Crippen LogP contribution in [0.2, 0.25) is 5.02 Å². The lowest BCUT2D eigenvalue weighted by atomic mass is 10.3. The molecular formula is C15H24ClN5. The zero-order valence-electron chi connectivity index (χ0n) is 13.4. The van der Waals surface area contributed by atoms with Crippen molar-refractivity contribution >= 4 is 11.6 Å². The van der Waals surface area contributed by atoms with Crippen LogP contribution in [-0.4, -0.2) is 32.1 Å². The lowest BCUT2D eigenvalue weighted by Gasteiger charge is -2.15. The average Bonchev–Trinajstić information content (AvgIpc) is 2.84. The molecule has 1 atom stereocenters. The van der Waals surface area contributed by atoms with Gasteiger partial charge in [0, 0.05) is 18.3 Å². The summed E-state index contributed by atoms with van der Waals surface area (Å²) in [6.07, 6.45) is 0. The molecule has 2 heterocycles. The highest BCUT2D eigenvalue weighted by Gasteiger charge is 2.10. The average molecular weight is 310 g/mol. The first-order valence-electron chi connectivity index (χ1n) is 7.32. The summed E-state index contributed by atoms with van der Waals surface area (Å²) >= 11 is 6.15. The molecule has 116 valence electrons. The Bertz CT molecular complexity index is 614.